The minimum Gasteiger partial charge on any atom is -0.352 e. The molecule has 3 N–H and O–H groups in total. The molecule has 3 aliphatic carbocycles. The first-order valence-electron chi connectivity index (χ1n) is 8.81. The van der Waals surface area contributed by atoms with Crippen LogP contribution in [0.3, 0.4) is 0 Å². The van der Waals surface area contributed by atoms with Crippen LogP contribution in [0.15, 0.2) is 0 Å². The minimum atomic E-state index is 0.0206. The Bertz CT molecular complexity index is 428. The Morgan fingerprint density at radius 2 is 1.90 bits per heavy atom. The van der Waals surface area contributed by atoms with E-state index in [1.54, 1.807) is 0 Å². The van der Waals surface area contributed by atoms with Gasteiger partial charge in [-0.15, -0.1) is 0 Å². The van der Waals surface area contributed by atoms with Gasteiger partial charge in [0.25, 0.3) is 0 Å². The molecule has 0 saturated heterocycles. The van der Waals surface area contributed by atoms with Gasteiger partial charge in [-0.05, 0) is 54.8 Å². The summed E-state index contributed by atoms with van der Waals surface area (Å²) >= 11 is 0. The van der Waals surface area contributed by atoms with Crippen molar-refractivity contribution >= 4 is 5.91 Å². The van der Waals surface area contributed by atoms with E-state index in [4.69, 9.17) is 5.73 Å². The summed E-state index contributed by atoms with van der Waals surface area (Å²) in [5.41, 5.74) is 6.84. The van der Waals surface area contributed by atoms with Crippen molar-refractivity contribution in [3.8, 4) is 0 Å². The van der Waals surface area contributed by atoms with Gasteiger partial charge in [0, 0.05) is 12.1 Å². The maximum atomic E-state index is 12.8. The van der Waals surface area contributed by atoms with Crippen molar-refractivity contribution in [2.45, 2.75) is 78.3 Å². The van der Waals surface area contributed by atoms with E-state index < -0.39 is 0 Å². The predicted octanol–water partition coefficient (Wildman–Crippen LogP) is 3.08. The van der Waals surface area contributed by atoms with E-state index in [9.17, 15) is 4.79 Å². The van der Waals surface area contributed by atoms with Crippen LogP contribution in [-0.2, 0) is 4.79 Å². The highest BCUT2D eigenvalue weighted by Gasteiger charge is 2.60. The maximum absolute atomic E-state index is 12.8. The largest absolute Gasteiger partial charge is 0.352 e. The zero-order valence-corrected chi connectivity index (χ0v) is 14.1. The van der Waals surface area contributed by atoms with Crippen LogP contribution in [0.25, 0.3) is 0 Å². The SMILES string of the molecule is CC1CCCC(C(=O)NC2C3(C)CCC(C3)C2(C)C)C1N. The van der Waals surface area contributed by atoms with E-state index in [2.05, 4.69) is 33.0 Å². The molecule has 1 amide bonds. The number of carbonyl (C=O) groups excluding carboxylic acids is 1. The lowest BCUT2D eigenvalue weighted by Gasteiger charge is -2.44. The minimum absolute atomic E-state index is 0.0206. The van der Waals surface area contributed by atoms with Crippen LogP contribution in [0, 0.1) is 28.6 Å². The van der Waals surface area contributed by atoms with Crippen molar-refractivity contribution in [1.82, 2.24) is 5.32 Å². The van der Waals surface area contributed by atoms with E-state index in [0.29, 0.717) is 17.4 Å². The fourth-order valence-electron chi connectivity index (χ4n) is 5.66. The molecule has 3 rings (SSSR count). The summed E-state index contributed by atoms with van der Waals surface area (Å²) in [5, 5.41) is 3.44. The summed E-state index contributed by atoms with van der Waals surface area (Å²) < 4.78 is 0. The Balaban J connectivity index is 1.73. The van der Waals surface area contributed by atoms with Gasteiger partial charge in [-0.25, -0.2) is 0 Å². The molecule has 3 fully saturated rings. The van der Waals surface area contributed by atoms with Gasteiger partial charge in [0.15, 0.2) is 0 Å². The van der Waals surface area contributed by atoms with Gasteiger partial charge in [-0.3, -0.25) is 4.79 Å². The zero-order valence-electron chi connectivity index (χ0n) is 14.1. The van der Waals surface area contributed by atoms with Gasteiger partial charge >= 0.3 is 0 Å². The second kappa shape index (κ2) is 4.97. The molecule has 21 heavy (non-hydrogen) atoms. The second-order valence-corrected chi connectivity index (χ2v) is 8.95. The molecule has 6 atom stereocenters. The Labute approximate surface area is 129 Å². The molecule has 0 aromatic rings. The molecular formula is C18H32N2O. The molecule has 0 spiro atoms. The number of rotatable bonds is 2. The van der Waals surface area contributed by atoms with Crippen molar-refractivity contribution < 1.29 is 4.79 Å². The molecule has 2 bridgehead atoms. The Morgan fingerprint density at radius 1 is 1.19 bits per heavy atom. The van der Waals surface area contributed by atoms with Gasteiger partial charge in [0.2, 0.25) is 5.91 Å². The number of hydrogen-bond acceptors (Lipinski definition) is 2. The van der Waals surface area contributed by atoms with E-state index in [1.807, 2.05) is 0 Å². The highest BCUT2D eigenvalue weighted by Crippen LogP contribution is 2.62. The average Bonchev–Trinajstić information content (AvgIpc) is 2.89. The third-order valence-electron chi connectivity index (χ3n) is 7.19. The van der Waals surface area contributed by atoms with Gasteiger partial charge in [0.05, 0.1) is 5.92 Å². The van der Waals surface area contributed by atoms with Crippen molar-refractivity contribution in [3.05, 3.63) is 0 Å². The predicted molar refractivity (Wildman–Crippen MR) is 85.6 cm³/mol. The first-order chi connectivity index (χ1) is 9.75. The van der Waals surface area contributed by atoms with Crippen LogP contribution in [0.1, 0.15) is 66.2 Å². The molecule has 0 aromatic carbocycles. The number of fused-ring (bicyclic) bond motifs is 2. The van der Waals surface area contributed by atoms with Crippen molar-refractivity contribution in [2.75, 3.05) is 0 Å². The summed E-state index contributed by atoms with van der Waals surface area (Å²) in [6, 6.07) is 0.356. The smallest absolute Gasteiger partial charge is 0.224 e. The highest BCUT2D eigenvalue weighted by molar-refractivity contribution is 5.80. The van der Waals surface area contributed by atoms with E-state index in [1.165, 1.54) is 25.7 Å². The number of amides is 1. The molecule has 0 heterocycles. The fourth-order valence-corrected chi connectivity index (χ4v) is 5.66. The van der Waals surface area contributed by atoms with Gasteiger partial charge < -0.3 is 11.1 Å². The Morgan fingerprint density at radius 3 is 2.52 bits per heavy atom. The molecule has 3 heteroatoms. The first-order valence-corrected chi connectivity index (χ1v) is 8.81. The van der Waals surface area contributed by atoms with Gasteiger partial charge in [0.1, 0.15) is 0 Å². The molecule has 0 radical (unpaired) electrons. The third kappa shape index (κ3) is 2.32. The summed E-state index contributed by atoms with van der Waals surface area (Å²) in [6.07, 6.45) is 7.14. The number of nitrogens with two attached hydrogens (primary N) is 1. The molecule has 3 aliphatic rings. The van der Waals surface area contributed by atoms with E-state index in [-0.39, 0.29) is 23.3 Å². The number of carbonyl (C=O) groups is 1. The summed E-state index contributed by atoms with van der Waals surface area (Å²) in [7, 11) is 0. The average molecular weight is 292 g/mol. The van der Waals surface area contributed by atoms with Crippen LogP contribution in [0.2, 0.25) is 0 Å². The normalized spacial score (nSPS) is 48.3. The molecule has 0 aliphatic heterocycles. The van der Waals surface area contributed by atoms with Crippen molar-refractivity contribution in [1.29, 1.82) is 0 Å². The van der Waals surface area contributed by atoms with Crippen molar-refractivity contribution in [3.63, 3.8) is 0 Å². The molecule has 3 saturated carbocycles. The van der Waals surface area contributed by atoms with Crippen LogP contribution in [0.5, 0.6) is 0 Å². The van der Waals surface area contributed by atoms with E-state index >= 15 is 0 Å². The molecule has 0 aromatic heterocycles. The summed E-state index contributed by atoms with van der Waals surface area (Å²) in [6.45, 7) is 9.25. The van der Waals surface area contributed by atoms with Gasteiger partial charge in [-0.1, -0.05) is 34.1 Å². The number of nitrogens with one attached hydrogen (secondary N) is 1. The quantitative estimate of drug-likeness (QED) is 0.822. The van der Waals surface area contributed by atoms with Crippen LogP contribution < -0.4 is 11.1 Å². The summed E-state index contributed by atoms with van der Waals surface area (Å²) in [5.74, 6) is 1.48. The Kier molecular flexibility index (Phi) is 3.63. The van der Waals surface area contributed by atoms with Crippen LogP contribution in [0.4, 0.5) is 0 Å². The molecule has 6 unspecified atom stereocenters. The first kappa shape index (κ1) is 15.3. The highest BCUT2D eigenvalue weighted by atomic mass is 16.2. The maximum Gasteiger partial charge on any atom is 0.224 e. The fraction of sp³-hybridized carbons (Fsp3) is 0.944. The molecular weight excluding hydrogens is 260 g/mol. The Hall–Kier alpha value is -0.570. The lowest BCUT2D eigenvalue weighted by Crippen LogP contribution is -2.56. The third-order valence-corrected chi connectivity index (χ3v) is 7.19. The summed E-state index contributed by atoms with van der Waals surface area (Å²) in [4.78, 5) is 12.8. The second-order valence-electron chi connectivity index (χ2n) is 8.95. The standard InChI is InChI=1S/C18H32N2O/c1-11-6-5-7-13(14(11)19)15(21)20-16-17(2,3)12-8-9-18(16,4)10-12/h11-14,16H,5-10,19H2,1-4H3,(H,20,21). The topological polar surface area (TPSA) is 55.1 Å². The van der Waals surface area contributed by atoms with Gasteiger partial charge in [-0.2, -0.15) is 0 Å². The van der Waals surface area contributed by atoms with Crippen LogP contribution >= 0.6 is 0 Å². The lowest BCUT2D eigenvalue weighted by atomic mass is 9.68. The van der Waals surface area contributed by atoms with Crippen LogP contribution in [-0.4, -0.2) is 18.0 Å². The molecule has 120 valence electrons. The van der Waals surface area contributed by atoms with Crippen molar-refractivity contribution in [2.24, 2.45) is 34.3 Å². The zero-order chi connectivity index (χ0) is 15.4. The number of hydrogen-bond donors (Lipinski definition) is 2. The van der Waals surface area contributed by atoms with E-state index in [0.717, 1.165) is 18.8 Å². The lowest BCUT2D eigenvalue weighted by molar-refractivity contribution is -0.129. The monoisotopic (exact) mass is 292 g/mol. The molecule has 3 nitrogen and oxygen atoms in total.